The minimum atomic E-state index is -3.50. The van der Waals surface area contributed by atoms with Crippen molar-refractivity contribution in [1.82, 2.24) is 9.21 Å². The van der Waals surface area contributed by atoms with E-state index in [1.165, 1.54) is 4.31 Å². The van der Waals surface area contributed by atoms with Crippen LogP contribution in [0.25, 0.3) is 0 Å². The van der Waals surface area contributed by atoms with Crippen molar-refractivity contribution in [3.63, 3.8) is 0 Å². The molecule has 1 aliphatic carbocycles. The van der Waals surface area contributed by atoms with Gasteiger partial charge in [0.1, 0.15) is 0 Å². The number of carbonyl (C=O) groups is 1. The zero-order valence-electron chi connectivity index (χ0n) is 14.1. The summed E-state index contributed by atoms with van der Waals surface area (Å²) in [5, 5.41) is 0. The van der Waals surface area contributed by atoms with Gasteiger partial charge in [0, 0.05) is 26.2 Å². The number of hydrogen-bond acceptors (Lipinski definition) is 4. The lowest BCUT2D eigenvalue weighted by Gasteiger charge is -2.35. The number of sulfonamides is 1. The van der Waals surface area contributed by atoms with Gasteiger partial charge in [0.15, 0.2) is 0 Å². The van der Waals surface area contributed by atoms with Crippen molar-refractivity contribution in [1.29, 1.82) is 0 Å². The standard InChI is InChI=1S/C17H25N3O3S/c1-2-3-14-4-6-15(7-5-14)24(22,23)20-12-10-19(11-13-20)16(21)17(18)8-9-17/h4-7H,2-3,8-13,18H2,1H3. The highest BCUT2D eigenvalue weighted by Gasteiger charge is 2.48. The zero-order valence-corrected chi connectivity index (χ0v) is 14.9. The Hall–Kier alpha value is -1.44. The lowest BCUT2D eigenvalue weighted by atomic mass is 10.1. The van der Waals surface area contributed by atoms with Gasteiger partial charge in [-0.2, -0.15) is 4.31 Å². The molecule has 1 aliphatic heterocycles. The fourth-order valence-corrected chi connectivity index (χ4v) is 4.48. The van der Waals surface area contributed by atoms with Gasteiger partial charge in [-0.25, -0.2) is 8.42 Å². The molecule has 0 spiro atoms. The molecule has 7 heteroatoms. The van der Waals surface area contributed by atoms with Crippen LogP contribution >= 0.6 is 0 Å². The van der Waals surface area contributed by atoms with Crippen molar-refractivity contribution >= 4 is 15.9 Å². The first-order valence-electron chi connectivity index (χ1n) is 8.54. The van der Waals surface area contributed by atoms with Crippen LogP contribution in [0.2, 0.25) is 0 Å². The van der Waals surface area contributed by atoms with Gasteiger partial charge in [0.25, 0.3) is 0 Å². The zero-order chi connectivity index (χ0) is 17.4. The van der Waals surface area contributed by atoms with Crippen LogP contribution in [-0.4, -0.2) is 55.2 Å². The van der Waals surface area contributed by atoms with E-state index in [0.29, 0.717) is 31.1 Å². The van der Waals surface area contributed by atoms with Crippen LogP contribution in [0.15, 0.2) is 29.2 Å². The molecule has 0 unspecified atom stereocenters. The molecule has 1 aromatic rings. The smallest absolute Gasteiger partial charge is 0.243 e. The fourth-order valence-electron chi connectivity index (χ4n) is 3.06. The number of nitrogens with zero attached hydrogens (tertiary/aromatic N) is 2. The van der Waals surface area contributed by atoms with E-state index in [0.717, 1.165) is 31.2 Å². The number of amides is 1. The largest absolute Gasteiger partial charge is 0.338 e. The van der Waals surface area contributed by atoms with E-state index in [-0.39, 0.29) is 5.91 Å². The Labute approximate surface area is 143 Å². The highest BCUT2D eigenvalue weighted by atomic mass is 32.2. The molecule has 6 nitrogen and oxygen atoms in total. The molecule has 2 aliphatic rings. The van der Waals surface area contributed by atoms with Gasteiger partial charge in [-0.05, 0) is 37.0 Å². The lowest BCUT2D eigenvalue weighted by molar-refractivity contribution is -0.134. The first-order chi connectivity index (χ1) is 11.4. The Morgan fingerprint density at radius 1 is 1.12 bits per heavy atom. The van der Waals surface area contributed by atoms with Crippen molar-refractivity contribution in [3.05, 3.63) is 29.8 Å². The summed E-state index contributed by atoms with van der Waals surface area (Å²) in [6.07, 6.45) is 3.44. The number of nitrogens with two attached hydrogens (primary N) is 1. The van der Waals surface area contributed by atoms with E-state index < -0.39 is 15.6 Å². The summed E-state index contributed by atoms with van der Waals surface area (Å²) in [4.78, 5) is 14.3. The van der Waals surface area contributed by atoms with Crippen LogP contribution in [0.4, 0.5) is 0 Å². The Bertz CT molecular complexity index is 703. The fraction of sp³-hybridized carbons (Fsp3) is 0.588. The second-order valence-corrected chi connectivity index (χ2v) is 8.68. The number of rotatable bonds is 5. The molecule has 1 amide bonds. The number of aryl methyl sites for hydroxylation is 1. The molecule has 2 fully saturated rings. The van der Waals surface area contributed by atoms with Gasteiger partial charge < -0.3 is 10.6 Å². The molecule has 0 aromatic heterocycles. The molecule has 132 valence electrons. The lowest BCUT2D eigenvalue weighted by Crippen LogP contribution is -2.55. The molecule has 3 rings (SSSR count). The third-order valence-corrected chi connectivity index (χ3v) is 6.75. The molecular formula is C17H25N3O3S. The van der Waals surface area contributed by atoms with E-state index in [2.05, 4.69) is 6.92 Å². The Morgan fingerprint density at radius 3 is 2.21 bits per heavy atom. The monoisotopic (exact) mass is 351 g/mol. The molecule has 0 radical (unpaired) electrons. The average molecular weight is 351 g/mol. The molecule has 1 heterocycles. The summed E-state index contributed by atoms with van der Waals surface area (Å²) >= 11 is 0. The number of carbonyl (C=O) groups excluding carboxylic acids is 1. The van der Waals surface area contributed by atoms with E-state index >= 15 is 0 Å². The Kier molecular flexibility index (Phi) is 4.68. The number of hydrogen-bond donors (Lipinski definition) is 1. The van der Waals surface area contributed by atoms with E-state index in [9.17, 15) is 13.2 Å². The Balaban J connectivity index is 1.65. The minimum Gasteiger partial charge on any atom is -0.338 e. The third-order valence-electron chi connectivity index (χ3n) is 4.84. The summed E-state index contributed by atoms with van der Waals surface area (Å²) in [5.41, 5.74) is 6.41. The highest BCUT2D eigenvalue weighted by molar-refractivity contribution is 7.89. The van der Waals surface area contributed by atoms with E-state index in [4.69, 9.17) is 5.73 Å². The van der Waals surface area contributed by atoms with Crippen LogP contribution < -0.4 is 5.73 Å². The normalized spacial score (nSPS) is 20.8. The second-order valence-electron chi connectivity index (χ2n) is 6.75. The van der Waals surface area contributed by atoms with Crippen molar-refractivity contribution < 1.29 is 13.2 Å². The summed E-state index contributed by atoms with van der Waals surface area (Å²) in [6.45, 7) is 3.55. The maximum atomic E-state index is 12.7. The molecular weight excluding hydrogens is 326 g/mol. The van der Waals surface area contributed by atoms with Gasteiger partial charge >= 0.3 is 0 Å². The maximum absolute atomic E-state index is 12.7. The van der Waals surface area contributed by atoms with Gasteiger partial charge in [0.05, 0.1) is 10.4 Å². The first kappa shape index (κ1) is 17.4. The molecule has 1 saturated carbocycles. The summed E-state index contributed by atoms with van der Waals surface area (Å²) in [7, 11) is -3.50. The molecule has 1 aromatic carbocycles. The summed E-state index contributed by atoms with van der Waals surface area (Å²) in [5.74, 6) is -0.0385. The predicted molar refractivity (Wildman–Crippen MR) is 91.9 cm³/mol. The van der Waals surface area contributed by atoms with Crippen LogP contribution in [0.5, 0.6) is 0 Å². The van der Waals surface area contributed by atoms with Gasteiger partial charge in [-0.3, -0.25) is 4.79 Å². The van der Waals surface area contributed by atoms with Crippen LogP contribution in [-0.2, 0) is 21.2 Å². The van der Waals surface area contributed by atoms with Crippen molar-refractivity contribution in [3.8, 4) is 0 Å². The van der Waals surface area contributed by atoms with Crippen molar-refractivity contribution in [2.75, 3.05) is 26.2 Å². The van der Waals surface area contributed by atoms with Gasteiger partial charge in [0.2, 0.25) is 15.9 Å². The first-order valence-corrected chi connectivity index (χ1v) is 9.98. The summed E-state index contributed by atoms with van der Waals surface area (Å²) < 4.78 is 26.9. The molecule has 2 N–H and O–H groups in total. The van der Waals surface area contributed by atoms with Gasteiger partial charge in [-0.1, -0.05) is 25.5 Å². The SMILES string of the molecule is CCCc1ccc(S(=O)(=O)N2CCN(C(=O)C3(N)CC3)CC2)cc1. The van der Waals surface area contributed by atoms with Gasteiger partial charge in [-0.15, -0.1) is 0 Å². The van der Waals surface area contributed by atoms with Crippen LogP contribution in [0.3, 0.4) is 0 Å². The predicted octanol–water partition coefficient (Wildman–Crippen LogP) is 0.963. The molecule has 0 atom stereocenters. The van der Waals surface area contributed by atoms with E-state index in [1.807, 2.05) is 12.1 Å². The minimum absolute atomic E-state index is 0.0385. The van der Waals surface area contributed by atoms with Crippen LogP contribution in [0, 0.1) is 0 Å². The quantitative estimate of drug-likeness (QED) is 0.856. The molecule has 1 saturated heterocycles. The van der Waals surface area contributed by atoms with Crippen molar-refractivity contribution in [2.24, 2.45) is 5.73 Å². The topological polar surface area (TPSA) is 83.7 Å². The van der Waals surface area contributed by atoms with Crippen LogP contribution in [0.1, 0.15) is 31.7 Å². The van der Waals surface area contributed by atoms with E-state index in [1.54, 1.807) is 17.0 Å². The molecule has 24 heavy (non-hydrogen) atoms. The number of benzene rings is 1. The number of piperazine rings is 1. The highest BCUT2D eigenvalue weighted by Crippen LogP contribution is 2.34. The van der Waals surface area contributed by atoms with Crippen molar-refractivity contribution in [2.45, 2.75) is 43.0 Å². The Morgan fingerprint density at radius 2 is 1.71 bits per heavy atom. The molecule has 0 bridgehead atoms. The second kappa shape index (κ2) is 6.46. The third kappa shape index (κ3) is 3.34. The maximum Gasteiger partial charge on any atom is 0.243 e. The summed E-state index contributed by atoms with van der Waals surface area (Å²) in [6, 6.07) is 7.11. The average Bonchev–Trinajstić information content (AvgIpc) is 3.34.